The van der Waals surface area contributed by atoms with Crippen molar-refractivity contribution in [1.29, 1.82) is 0 Å². The Morgan fingerprint density at radius 3 is 2.67 bits per heavy atom. The molecule has 1 unspecified atom stereocenters. The molecular weight excluding hydrogens is 376 g/mol. The van der Waals surface area contributed by atoms with Crippen LogP contribution in [0.2, 0.25) is 0 Å². The fourth-order valence-electron chi connectivity index (χ4n) is 3.50. The third kappa shape index (κ3) is 4.22. The molecule has 2 heterocycles. The van der Waals surface area contributed by atoms with Gasteiger partial charge in [0.15, 0.2) is 0 Å². The standard InChI is InChI=1S/C22H26N8/c1-26-20-19(18-11-10-17(28-18)15-7-3-2-4-8-15)29-30-21(20)27-13-14-6-5-9-16(12-14)22(23,24)25/h2-9,11-12,20,26H,10,13,23-25H2,1H3,(H,27,30). The third-order valence-corrected chi connectivity index (χ3v) is 5.10. The van der Waals surface area contributed by atoms with Crippen LogP contribution < -0.4 is 27.9 Å². The van der Waals surface area contributed by atoms with E-state index in [1.807, 2.05) is 43.4 Å². The summed E-state index contributed by atoms with van der Waals surface area (Å²) >= 11 is 0. The molecule has 0 saturated carbocycles. The Labute approximate surface area is 175 Å². The van der Waals surface area contributed by atoms with Gasteiger partial charge >= 0.3 is 0 Å². The molecule has 8 heteroatoms. The van der Waals surface area contributed by atoms with Crippen LogP contribution in [0.3, 0.4) is 0 Å². The van der Waals surface area contributed by atoms with Crippen LogP contribution in [0.4, 0.5) is 0 Å². The molecule has 30 heavy (non-hydrogen) atoms. The van der Waals surface area contributed by atoms with Gasteiger partial charge in [-0.05, 0) is 24.2 Å². The lowest BCUT2D eigenvalue weighted by Crippen LogP contribution is -2.54. The first-order valence-electron chi connectivity index (χ1n) is 9.80. The van der Waals surface area contributed by atoms with E-state index in [4.69, 9.17) is 27.2 Å². The van der Waals surface area contributed by atoms with Crippen LogP contribution in [-0.2, 0) is 12.3 Å². The second kappa shape index (κ2) is 8.29. The van der Waals surface area contributed by atoms with Gasteiger partial charge in [-0.3, -0.25) is 32.6 Å². The van der Waals surface area contributed by atoms with Crippen LogP contribution in [0.5, 0.6) is 0 Å². The van der Waals surface area contributed by atoms with E-state index in [1.165, 1.54) is 0 Å². The minimum absolute atomic E-state index is 0.157. The SMILES string of the molecule is CNC1C(=NCc2cccc(C(N)(N)N)c2)NN=C1C1=CCC(c2ccccc2)=N1. The van der Waals surface area contributed by atoms with Gasteiger partial charge in [-0.25, -0.2) is 0 Å². The van der Waals surface area contributed by atoms with Crippen molar-refractivity contribution in [3.8, 4) is 0 Å². The summed E-state index contributed by atoms with van der Waals surface area (Å²) in [6, 6.07) is 17.5. The number of rotatable bonds is 6. The lowest BCUT2D eigenvalue weighted by atomic mass is 10.1. The predicted molar refractivity (Wildman–Crippen MR) is 121 cm³/mol. The Hall–Kier alpha value is -3.17. The number of nitrogens with one attached hydrogen (secondary N) is 2. The number of hydrogen-bond acceptors (Lipinski definition) is 7. The van der Waals surface area contributed by atoms with Gasteiger partial charge in [0.1, 0.15) is 23.4 Å². The monoisotopic (exact) mass is 402 g/mol. The third-order valence-electron chi connectivity index (χ3n) is 5.10. The van der Waals surface area contributed by atoms with Gasteiger partial charge in [-0.15, -0.1) is 0 Å². The smallest absolute Gasteiger partial charge is 0.142 e. The molecule has 0 bridgehead atoms. The number of allylic oxidation sites excluding steroid dienone is 1. The number of aliphatic imine (C=N–C) groups is 2. The summed E-state index contributed by atoms with van der Waals surface area (Å²) in [5.74, 6) is -0.635. The largest absolute Gasteiger partial charge is 0.305 e. The second-order valence-corrected chi connectivity index (χ2v) is 7.38. The highest BCUT2D eigenvalue weighted by Crippen LogP contribution is 2.21. The van der Waals surface area contributed by atoms with Crippen LogP contribution in [-0.4, -0.2) is 30.3 Å². The molecule has 0 saturated heterocycles. The molecule has 2 aliphatic heterocycles. The van der Waals surface area contributed by atoms with Gasteiger partial charge in [0, 0.05) is 12.0 Å². The van der Waals surface area contributed by atoms with E-state index >= 15 is 0 Å². The van der Waals surface area contributed by atoms with Crippen molar-refractivity contribution in [2.75, 3.05) is 7.05 Å². The highest BCUT2D eigenvalue weighted by molar-refractivity contribution is 6.22. The van der Waals surface area contributed by atoms with Gasteiger partial charge < -0.3 is 5.32 Å². The summed E-state index contributed by atoms with van der Waals surface area (Å²) in [4.78, 5) is 9.50. The van der Waals surface area contributed by atoms with Gasteiger partial charge in [-0.1, -0.05) is 54.6 Å². The fraction of sp³-hybridized carbons (Fsp3) is 0.227. The number of hydrazone groups is 1. The lowest BCUT2D eigenvalue weighted by molar-refractivity contribution is 0.488. The first kappa shape index (κ1) is 20.1. The van der Waals surface area contributed by atoms with Crippen LogP contribution in [0.25, 0.3) is 0 Å². The predicted octanol–water partition coefficient (Wildman–Crippen LogP) is 0.896. The highest BCUT2D eigenvalue weighted by Gasteiger charge is 2.30. The molecule has 0 amide bonds. The topological polar surface area (TPSA) is 139 Å². The van der Waals surface area contributed by atoms with E-state index in [9.17, 15) is 0 Å². The number of amidine groups is 1. The molecule has 2 aromatic carbocycles. The summed E-state index contributed by atoms with van der Waals surface area (Å²) in [7, 11) is 1.88. The van der Waals surface area contributed by atoms with Crippen molar-refractivity contribution < 1.29 is 0 Å². The maximum Gasteiger partial charge on any atom is 0.142 e. The summed E-state index contributed by atoms with van der Waals surface area (Å²) < 4.78 is 0. The van der Waals surface area contributed by atoms with Crippen molar-refractivity contribution in [3.63, 3.8) is 0 Å². The zero-order valence-corrected chi connectivity index (χ0v) is 16.8. The van der Waals surface area contributed by atoms with Crippen molar-refractivity contribution in [2.24, 2.45) is 32.3 Å². The molecule has 0 radical (unpaired) electrons. The minimum atomic E-state index is -1.37. The van der Waals surface area contributed by atoms with Crippen LogP contribution in [0, 0.1) is 0 Å². The van der Waals surface area contributed by atoms with E-state index in [1.54, 1.807) is 6.07 Å². The van der Waals surface area contributed by atoms with Crippen LogP contribution in [0.15, 0.2) is 81.5 Å². The summed E-state index contributed by atoms with van der Waals surface area (Å²) in [5, 5.41) is 7.76. The molecule has 8 N–H and O–H groups in total. The Bertz CT molecular complexity index is 1040. The molecule has 0 fully saturated rings. The van der Waals surface area contributed by atoms with Crippen LogP contribution >= 0.6 is 0 Å². The quantitative estimate of drug-likeness (QED) is 0.457. The first-order chi connectivity index (χ1) is 14.5. The Morgan fingerprint density at radius 1 is 1.13 bits per heavy atom. The number of nitrogens with two attached hydrogens (primary N) is 3. The summed E-state index contributed by atoms with van der Waals surface area (Å²) in [6.45, 7) is 0.449. The van der Waals surface area contributed by atoms with E-state index in [2.05, 4.69) is 34.1 Å². The van der Waals surface area contributed by atoms with Crippen molar-refractivity contribution in [3.05, 3.63) is 83.1 Å². The van der Waals surface area contributed by atoms with E-state index in [-0.39, 0.29) is 6.04 Å². The minimum Gasteiger partial charge on any atom is -0.305 e. The number of nitrogens with zero attached hydrogens (tertiary/aromatic N) is 3. The number of likely N-dealkylation sites (N-methyl/N-ethyl adjacent to an activating group) is 1. The molecule has 0 spiro atoms. The zero-order valence-electron chi connectivity index (χ0n) is 16.8. The lowest BCUT2D eigenvalue weighted by Gasteiger charge is -2.19. The van der Waals surface area contributed by atoms with Gasteiger partial charge in [0.25, 0.3) is 0 Å². The Morgan fingerprint density at radius 2 is 1.93 bits per heavy atom. The molecule has 0 aromatic heterocycles. The Balaban J connectivity index is 1.49. The summed E-state index contributed by atoms with van der Waals surface area (Å²) in [5.41, 5.74) is 25.9. The second-order valence-electron chi connectivity index (χ2n) is 7.38. The molecule has 4 rings (SSSR count). The van der Waals surface area contributed by atoms with Gasteiger partial charge in [0.2, 0.25) is 0 Å². The van der Waals surface area contributed by atoms with E-state index in [0.29, 0.717) is 12.1 Å². The molecular formula is C22H26N8. The normalized spacial score (nSPS) is 20.1. The van der Waals surface area contributed by atoms with Crippen molar-refractivity contribution in [2.45, 2.75) is 24.8 Å². The molecule has 2 aromatic rings. The molecule has 154 valence electrons. The maximum atomic E-state index is 5.79. The average Bonchev–Trinajstić information content (AvgIpc) is 3.39. The zero-order chi connectivity index (χ0) is 21.1. The van der Waals surface area contributed by atoms with E-state index in [0.717, 1.165) is 40.5 Å². The van der Waals surface area contributed by atoms with E-state index < -0.39 is 5.79 Å². The number of hydrogen-bond donors (Lipinski definition) is 5. The molecule has 8 nitrogen and oxygen atoms in total. The van der Waals surface area contributed by atoms with Gasteiger partial charge in [0.05, 0.1) is 18.0 Å². The summed E-state index contributed by atoms with van der Waals surface area (Å²) in [6.07, 6.45) is 2.88. The molecule has 1 atom stereocenters. The maximum absolute atomic E-state index is 5.79. The Kier molecular flexibility index (Phi) is 5.56. The molecule has 0 aliphatic carbocycles. The fourth-order valence-corrected chi connectivity index (χ4v) is 3.50. The first-order valence-corrected chi connectivity index (χ1v) is 9.80. The van der Waals surface area contributed by atoms with Gasteiger partial charge in [-0.2, -0.15) is 5.10 Å². The number of benzene rings is 2. The van der Waals surface area contributed by atoms with Crippen LogP contribution in [0.1, 0.15) is 23.1 Å². The van der Waals surface area contributed by atoms with Crippen molar-refractivity contribution in [1.82, 2.24) is 10.7 Å². The highest BCUT2D eigenvalue weighted by atomic mass is 15.4. The van der Waals surface area contributed by atoms with Crippen molar-refractivity contribution >= 4 is 17.3 Å². The molecule has 2 aliphatic rings. The average molecular weight is 403 g/mol.